The molecule has 0 saturated heterocycles. The van der Waals surface area contributed by atoms with E-state index in [0.29, 0.717) is 11.7 Å². The lowest BCUT2D eigenvalue weighted by molar-refractivity contribution is -0.137. The number of nitrogens with one attached hydrogen (secondary N) is 1. The second kappa shape index (κ2) is 5.94. The van der Waals surface area contributed by atoms with Crippen molar-refractivity contribution in [2.45, 2.75) is 45.2 Å². The first kappa shape index (κ1) is 14.4. The number of hydrogen-bond acceptors (Lipinski definition) is 4. The predicted molar refractivity (Wildman–Crippen MR) is 70.2 cm³/mol. The number of rotatable bonds is 6. The van der Waals surface area contributed by atoms with Gasteiger partial charge in [0.2, 0.25) is 5.89 Å². The van der Waals surface area contributed by atoms with Crippen LogP contribution < -0.4 is 5.32 Å². The molecule has 1 aromatic heterocycles. The molecule has 0 aromatic carbocycles. The monoisotopic (exact) mass is 281 g/mol. The molecule has 1 heterocycles. The van der Waals surface area contributed by atoms with Gasteiger partial charge in [0.1, 0.15) is 11.8 Å². The molecule has 0 spiro atoms. The molecule has 1 atom stereocenters. The van der Waals surface area contributed by atoms with Gasteiger partial charge in [0, 0.05) is 12.6 Å². The van der Waals surface area contributed by atoms with Gasteiger partial charge in [-0.25, -0.2) is 9.78 Å². The summed E-state index contributed by atoms with van der Waals surface area (Å²) in [5.41, 5.74) is 0. The first-order valence-corrected chi connectivity index (χ1v) is 6.68. The lowest BCUT2D eigenvalue weighted by Crippen LogP contribution is -2.43. The van der Waals surface area contributed by atoms with Crippen LogP contribution in [0, 0.1) is 6.92 Å². The summed E-state index contributed by atoms with van der Waals surface area (Å²) in [5, 5.41) is 11.5. The predicted octanol–water partition coefficient (Wildman–Crippen LogP) is 1.69. The smallest absolute Gasteiger partial charge is 0.318 e. The van der Waals surface area contributed by atoms with E-state index in [2.05, 4.69) is 10.3 Å². The van der Waals surface area contributed by atoms with Gasteiger partial charge in [-0.3, -0.25) is 4.79 Å². The van der Waals surface area contributed by atoms with Crippen molar-refractivity contribution in [3.8, 4) is 0 Å². The van der Waals surface area contributed by atoms with Gasteiger partial charge in [0.25, 0.3) is 0 Å². The second-order valence-electron chi connectivity index (χ2n) is 5.05. The largest absolute Gasteiger partial charge is 0.481 e. The van der Waals surface area contributed by atoms with Gasteiger partial charge in [0.15, 0.2) is 0 Å². The van der Waals surface area contributed by atoms with E-state index < -0.39 is 5.97 Å². The van der Waals surface area contributed by atoms with E-state index in [-0.39, 0.29) is 31.1 Å². The fourth-order valence-electron chi connectivity index (χ4n) is 1.95. The van der Waals surface area contributed by atoms with Crippen LogP contribution in [-0.4, -0.2) is 39.6 Å². The Bertz CT molecular complexity index is 496. The number of nitrogens with zero attached hydrogens (tertiary/aromatic N) is 2. The van der Waals surface area contributed by atoms with Gasteiger partial charge < -0.3 is 19.7 Å². The second-order valence-corrected chi connectivity index (χ2v) is 5.05. The molecule has 7 heteroatoms. The van der Waals surface area contributed by atoms with Gasteiger partial charge in [0.05, 0.1) is 12.6 Å². The topological polar surface area (TPSA) is 95.7 Å². The van der Waals surface area contributed by atoms with Crippen molar-refractivity contribution in [1.29, 1.82) is 0 Å². The van der Waals surface area contributed by atoms with Crippen LogP contribution in [0.4, 0.5) is 4.79 Å². The maximum absolute atomic E-state index is 12.2. The summed E-state index contributed by atoms with van der Waals surface area (Å²) in [4.78, 5) is 28.5. The molecule has 2 amide bonds. The van der Waals surface area contributed by atoms with Crippen LogP contribution in [0.15, 0.2) is 10.6 Å². The zero-order valence-electron chi connectivity index (χ0n) is 11.6. The zero-order valence-corrected chi connectivity index (χ0v) is 11.6. The van der Waals surface area contributed by atoms with Crippen LogP contribution >= 0.6 is 0 Å². The molecule has 1 aliphatic rings. The van der Waals surface area contributed by atoms with Crippen molar-refractivity contribution in [2.24, 2.45) is 0 Å². The first-order chi connectivity index (χ1) is 9.47. The van der Waals surface area contributed by atoms with Crippen molar-refractivity contribution in [3.05, 3.63) is 17.8 Å². The van der Waals surface area contributed by atoms with Crippen molar-refractivity contribution < 1.29 is 19.1 Å². The fourth-order valence-corrected chi connectivity index (χ4v) is 1.95. The summed E-state index contributed by atoms with van der Waals surface area (Å²) in [5.74, 6) is 0.232. The Labute approximate surface area is 117 Å². The maximum Gasteiger partial charge on any atom is 0.318 e. The standard InChI is InChI=1S/C13H19N3O4/c1-8-7-14-12(20-8)9(2)15-13(19)16(10-3-4-10)6-5-11(17)18/h7,9-10H,3-6H2,1-2H3,(H,15,19)(H,17,18). The van der Waals surface area contributed by atoms with Crippen LogP contribution in [0.25, 0.3) is 0 Å². The lowest BCUT2D eigenvalue weighted by atomic mass is 10.3. The molecule has 0 radical (unpaired) electrons. The molecule has 1 saturated carbocycles. The number of carboxylic acid groups (broad SMARTS) is 1. The highest BCUT2D eigenvalue weighted by Gasteiger charge is 2.33. The third kappa shape index (κ3) is 3.72. The lowest BCUT2D eigenvalue weighted by Gasteiger charge is -2.23. The van der Waals surface area contributed by atoms with E-state index in [1.807, 2.05) is 0 Å². The average molecular weight is 281 g/mol. The molecule has 20 heavy (non-hydrogen) atoms. The van der Waals surface area contributed by atoms with Crippen molar-refractivity contribution in [3.63, 3.8) is 0 Å². The number of carbonyl (C=O) groups is 2. The Balaban J connectivity index is 1.92. The van der Waals surface area contributed by atoms with E-state index in [1.54, 1.807) is 24.9 Å². The summed E-state index contributed by atoms with van der Waals surface area (Å²) < 4.78 is 5.36. The van der Waals surface area contributed by atoms with Crippen molar-refractivity contribution in [2.75, 3.05) is 6.54 Å². The molecule has 7 nitrogen and oxygen atoms in total. The Kier molecular flexibility index (Phi) is 4.26. The molecule has 0 aliphatic heterocycles. The minimum Gasteiger partial charge on any atom is -0.481 e. The zero-order chi connectivity index (χ0) is 14.7. The minimum absolute atomic E-state index is 0.0452. The van der Waals surface area contributed by atoms with E-state index in [9.17, 15) is 9.59 Å². The van der Waals surface area contributed by atoms with Crippen LogP contribution in [-0.2, 0) is 4.79 Å². The van der Waals surface area contributed by atoms with Gasteiger partial charge in [-0.1, -0.05) is 0 Å². The highest BCUT2D eigenvalue weighted by Crippen LogP contribution is 2.27. The van der Waals surface area contributed by atoms with Crippen LogP contribution in [0.1, 0.15) is 43.9 Å². The van der Waals surface area contributed by atoms with Crippen molar-refractivity contribution >= 4 is 12.0 Å². The van der Waals surface area contributed by atoms with Gasteiger partial charge in [-0.05, 0) is 26.7 Å². The minimum atomic E-state index is -0.903. The Morgan fingerprint density at radius 2 is 2.30 bits per heavy atom. The van der Waals surface area contributed by atoms with Gasteiger partial charge in [-0.2, -0.15) is 0 Å². The third-order valence-electron chi connectivity index (χ3n) is 3.16. The molecule has 2 rings (SSSR count). The highest BCUT2D eigenvalue weighted by molar-refractivity contribution is 5.76. The van der Waals surface area contributed by atoms with Crippen LogP contribution in [0.2, 0.25) is 0 Å². The Hall–Kier alpha value is -2.05. The van der Waals surface area contributed by atoms with Crippen LogP contribution in [0.3, 0.4) is 0 Å². The summed E-state index contributed by atoms with van der Waals surface area (Å²) >= 11 is 0. The number of aryl methyl sites for hydroxylation is 1. The van der Waals surface area contributed by atoms with E-state index >= 15 is 0 Å². The van der Waals surface area contributed by atoms with Gasteiger partial charge >= 0.3 is 12.0 Å². The Morgan fingerprint density at radius 3 is 2.80 bits per heavy atom. The van der Waals surface area contributed by atoms with E-state index in [4.69, 9.17) is 9.52 Å². The summed E-state index contributed by atoms with van der Waals surface area (Å²) in [7, 11) is 0. The molecule has 1 fully saturated rings. The molecule has 110 valence electrons. The van der Waals surface area contributed by atoms with Crippen molar-refractivity contribution in [1.82, 2.24) is 15.2 Å². The van der Waals surface area contributed by atoms with Gasteiger partial charge in [-0.15, -0.1) is 0 Å². The number of aliphatic carboxylic acids is 1. The van der Waals surface area contributed by atoms with Crippen LogP contribution in [0.5, 0.6) is 0 Å². The highest BCUT2D eigenvalue weighted by atomic mass is 16.4. The molecule has 2 N–H and O–H groups in total. The SMILES string of the molecule is Cc1cnc(C(C)NC(=O)N(CCC(=O)O)C2CC2)o1. The fraction of sp³-hybridized carbons (Fsp3) is 0.615. The number of carboxylic acids is 1. The number of aromatic nitrogens is 1. The summed E-state index contributed by atoms with van der Waals surface area (Å²) in [6.45, 7) is 3.79. The Morgan fingerprint density at radius 1 is 1.60 bits per heavy atom. The third-order valence-corrected chi connectivity index (χ3v) is 3.16. The first-order valence-electron chi connectivity index (χ1n) is 6.68. The number of oxazole rings is 1. The number of hydrogen-bond donors (Lipinski definition) is 2. The maximum atomic E-state index is 12.2. The van der Waals surface area contributed by atoms with E-state index in [1.165, 1.54) is 0 Å². The molecular weight excluding hydrogens is 262 g/mol. The normalized spacial score (nSPS) is 15.7. The molecule has 1 aromatic rings. The molecule has 1 aliphatic carbocycles. The number of amides is 2. The molecular formula is C13H19N3O4. The molecule has 1 unspecified atom stereocenters. The molecule has 0 bridgehead atoms. The summed E-state index contributed by atoms with van der Waals surface area (Å²) in [6.07, 6.45) is 3.41. The number of carbonyl (C=O) groups excluding carboxylic acids is 1. The average Bonchev–Trinajstić information content (AvgIpc) is 3.10. The van der Waals surface area contributed by atoms with E-state index in [0.717, 1.165) is 12.8 Å². The summed E-state index contributed by atoms with van der Waals surface area (Å²) in [6, 6.07) is -0.452. The quantitative estimate of drug-likeness (QED) is 0.827. The number of urea groups is 1.